The van der Waals surface area contributed by atoms with Crippen LogP contribution in [0.4, 0.5) is 13.2 Å². The van der Waals surface area contributed by atoms with E-state index in [1.54, 1.807) is 0 Å². The number of carbonyl (C=O) groups is 1. The van der Waals surface area contributed by atoms with Gasteiger partial charge in [0.05, 0.1) is 22.9 Å². The number of nitrogens with one attached hydrogen (secondary N) is 1. The van der Waals surface area contributed by atoms with Crippen LogP contribution in [0.25, 0.3) is 0 Å². The van der Waals surface area contributed by atoms with Gasteiger partial charge in [0.2, 0.25) is 6.41 Å². The van der Waals surface area contributed by atoms with Crippen LogP contribution in [0.15, 0.2) is 23.3 Å². The summed E-state index contributed by atoms with van der Waals surface area (Å²) in [6.07, 6.45) is -4.26. The largest absolute Gasteiger partial charge is 0.417 e. The maximum atomic E-state index is 12.7. The number of ether oxygens (including phenoxy) is 1. The molecule has 0 spiro atoms. The predicted molar refractivity (Wildman–Crippen MR) is 64.1 cm³/mol. The van der Waals surface area contributed by atoms with E-state index < -0.39 is 16.8 Å². The lowest BCUT2D eigenvalue weighted by Gasteiger charge is -2.12. The number of methoxy groups -OCH3 is 1. The van der Waals surface area contributed by atoms with Crippen molar-refractivity contribution in [1.82, 2.24) is 5.43 Å². The van der Waals surface area contributed by atoms with Gasteiger partial charge in [0.1, 0.15) is 0 Å². The third-order valence-corrected chi connectivity index (χ3v) is 2.47. The van der Waals surface area contributed by atoms with E-state index in [4.69, 9.17) is 16.3 Å². The lowest BCUT2D eigenvalue weighted by atomic mass is 10.1. The summed E-state index contributed by atoms with van der Waals surface area (Å²) < 4.78 is 42.9. The van der Waals surface area contributed by atoms with Gasteiger partial charge in [-0.15, -0.1) is 0 Å². The highest BCUT2D eigenvalue weighted by molar-refractivity contribution is 6.31. The number of alkyl halides is 3. The molecule has 0 unspecified atom stereocenters. The minimum atomic E-state index is -4.57. The number of carbonyl (C=O) groups excluding carboxylic acids is 1. The maximum absolute atomic E-state index is 12.7. The fourth-order valence-corrected chi connectivity index (χ4v) is 1.57. The van der Waals surface area contributed by atoms with Gasteiger partial charge in [-0.25, -0.2) is 5.43 Å². The van der Waals surface area contributed by atoms with Crippen molar-refractivity contribution in [2.45, 2.75) is 6.18 Å². The molecule has 0 saturated heterocycles. The van der Waals surface area contributed by atoms with Crippen molar-refractivity contribution in [1.29, 1.82) is 0 Å². The summed E-state index contributed by atoms with van der Waals surface area (Å²) in [4.78, 5) is 10.2. The van der Waals surface area contributed by atoms with E-state index in [1.807, 2.05) is 5.43 Å². The first kappa shape index (κ1) is 15.5. The zero-order chi connectivity index (χ0) is 14.5. The molecule has 1 amide bonds. The Labute approximate surface area is 112 Å². The molecule has 19 heavy (non-hydrogen) atoms. The number of amides is 1. The molecule has 1 aromatic carbocycles. The molecule has 0 aliphatic heterocycles. The molecule has 104 valence electrons. The van der Waals surface area contributed by atoms with Crippen molar-refractivity contribution in [2.24, 2.45) is 5.10 Å². The first-order valence-corrected chi connectivity index (χ1v) is 5.39. The Morgan fingerprint density at radius 2 is 2.21 bits per heavy atom. The SMILES string of the molecule is COC/C(=N\NC=O)c1ccc(Cl)c(C(F)(F)F)c1. The van der Waals surface area contributed by atoms with Gasteiger partial charge in [-0.1, -0.05) is 17.7 Å². The van der Waals surface area contributed by atoms with Crippen molar-refractivity contribution < 1.29 is 22.7 Å². The highest BCUT2D eigenvalue weighted by Gasteiger charge is 2.33. The predicted octanol–water partition coefficient (Wildman–Crippen LogP) is 2.46. The van der Waals surface area contributed by atoms with Gasteiger partial charge in [-0.2, -0.15) is 18.3 Å². The van der Waals surface area contributed by atoms with Crippen molar-refractivity contribution in [3.63, 3.8) is 0 Å². The summed E-state index contributed by atoms with van der Waals surface area (Å²) in [6, 6.07) is 3.33. The lowest BCUT2D eigenvalue weighted by Crippen LogP contribution is -2.16. The average molecular weight is 295 g/mol. The number of benzene rings is 1. The van der Waals surface area contributed by atoms with Crippen LogP contribution in [-0.2, 0) is 15.7 Å². The number of hydrazone groups is 1. The molecule has 0 radical (unpaired) electrons. The van der Waals surface area contributed by atoms with Crippen molar-refractivity contribution >= 4 is 23.7 Å². The summed E-state index contributed by atoms with van der Waals surface area (Å²) >= 11 is 5.50. The van der Waals surface area contributed by atoms with Crippen LogP contribution < -0.4 is 5.43 Å². The lowest BCUT2D eigenvalue weighted by molar-refractivity contribution is -0.137. The molecule has 0 saturated carbocycles. The van der Waals surface area contributed by atoms with Gasteiger partial charge < -0.3 is 4.74 Å². The second kappa shape index (κ2) is 6.53. The van der Waals surface area contributed by atoms with Crippen LogP contribution in [-0.4, -0.2) is 25.8 Å². The highest BCUT2D eigenvalue weighted by Crippen LogP contribution is 2.35. The summed E-state index contributed by atoms with van der Waals surface area (Å²) in [5.41, 5.74) is 1.36. The molecule has 4 nitrogen and oxygen atoms in total. The molecule has 0 aliphatic carbocycles. The normalized spacial score (nSPS) is 12.4. The Morgan fingerprint density at radius 1 is 1.53 bits per heavy atom. The quantitative estimate of drug-likeness (QED) is 0.515. The molecule has 0 heterocycles. The van der Waals surface area contributed by atoms with Crippen LogP contribution in [0.5, 0.6) is 0 Å². The molecule has 0 atom stereocenters. The van der Waals surface area contributed by atoms with E-state index >= 15 is 0 Å². The van der Waals surface area contributed by atoms with Crippen LogP contribution >= 0.6 is 11.6 Å². The molecule has 0 aromatic heterocycles. The van der Waals surface area contributed by atoms with Crippen LogP contribution in [0.2, 0.25) is 5.02 Å². The van der Waals surface area contributed by atoms with E-state index in [9.17, 15) is 18.0 Å². The number of halogens is 4. The Hall–Kier alpha value is -1.60. The molecule has 0 aliphatic rings. The fraction of sp³-hybridized carbons (Fsp3) is 0.273. The zero-order valence-electron chi connectivity index (χ0n) is 9.79. The van der Waals surface area contributed by atoms with Gasteiger partial charge in [0, 0.05) is 12.7 Å². The zero-order valence-corrected chi connectivity index (χ0v) is 10.5. The molecule has 1 aromatic rings. The smallest absolute Gasteiger partial charge is 0.378 e. The first-order valence-electron chi connectivity index (χ1n) is 5.02. The van der Waals surface area contributed by atoms with Crippen molar-refractivity contribution in [3.8, 4) is 0 Å². The molecular weight excluding hydrogens is 285 g/mol. The van der Waals surface area contributed by atoms with Crippen molar-refractivity contribution in [3.05, 3.63) is 34.3 Å². The van der Waals surface area contributed by atoms with Crippen LogP contribution in [0.3, 0.4) is 0 Å². The molecule has 1 N–H and O–H groups in total. The molecule has 0 bridgehead atoms. The standard InChI is InChI=1S/C11H10ClF3N2O2/c1-19-5-10(17-16-6-18)7-2-3-9(12)8(4-7)11(13,14)15/h2-4,6H,5H2,1H3,(H,16,18)/b17-10+. The van der Waals surface area contributed by atoms with Gasteiger partial charge in [-0.3, -0.25) is 4.79 Å². The van der Waals surface area contributed by atoms with Gasteiger partial charge in [-0.05, 0) is 12.1 Å². The Kier molecular flexibility index (Phi) is 5.31. The van der Waals surface area contributed by atoms with Crippen LogP contribution in [0, 0.1) is 0 Å². The number of rotatable bonds is 5. The van der Waals surface area contributed by atoms with Gasteiger partial charge in [0.25, 0.3) is 0 Å². The second-order valence-corrected chi connectivity index (χ2v) is 3.84. The van der Waals surface area contributed by atoms with E-state index in [-0.39, 0.29) is 17.9 Å². The molecule has 8 heteroatoms. The minimum Gasteiger partial charge on any atom is -0.378 e. The fourth-order valence-electron chi connectivity index (χ4n) is 1.34. The third-order valence-electron chi connectivity index (χ3n) is 2.14. The Bertz CT molecular complexity index is 489. The third kappa shape index (κ3) is 4.22. The van der Waals surface area contributed by atoms with E-state index in [0.717, 1.165) is 12.1 Å². The topological polar surface area (TPSA) is 50.7 Å². The summed E-state index contributed by atoms with van der Waals surface area (Å²) in [5.74, 6) is 0. The maximum Gasteiger partial charge on any atom is 0.417 e. The number of hydrogen-bond donors (Lipinski definition) is 1. The summed E-state index contributed by atoms with van der Waals surface area (Å²) in [7, 11) is 1.36. The van der Waals surface area contributed by atoms with Gasteiger partial charge >= 0.3 is 6.18 Å². The average Bonchev–Trinajstić information content (AvgIpc) is 2.34. The molecule has 0 fully saturated rings. The number of nitrogens with zero attached hydrogens (tertiary/aromatic N) is 1. The Morgan fingerprint density at radius 3 is 2.74 bits per heavy atom. The minimum absolute atomic E-state index is 0.0558. The van der Waals surface area contributed by atoms with Crippen molar-refractivity contribution in [2.75, 3.05) is 13.7 Å². The first-order chi connectivity index (χ1) is 8.90. The van der Waals surface area contributed by atoms with E-state index in [1.165, 1.54) is 13.2 Å². The summed E-state index contributed by atoms with van der Waals surface area (Å²) in [6.45, 7) is -0.0558. The Balaban J connectivity index is 3.22. The van der Waals surface area contributed by atoms with Crippen LogP contribution in [0.1, 0.15) is 11.1 Å². The van der Waals surface area contributed by atoms with Gasteiger partial charge in [0.15, 0.2) is 0 Å². The number of hydrogen-bond acceptors (Lipinski definition) is 3. The van der Waals surface area contributed by atoms with E-state index in [2.05, 4.69) is 5.10 Å². The monoisotopic (exact) mass is 294 g/mol. The second-order valence-electron chi connectivity index (χ2n) is 3.43. The molecular formula is C11H10ClF3N2O2. The summed E-state index contributed by atoms with van der Waals surface area (Å²) in [5, 5.41) is 3.21. The van der Waals surface area contributed by atoms with E-state index in [0.29, 0.717) is 6.41 Å². The highest BCUT2D eigenvalue weighted by atomic mass is 35.5. The molecule has 1 rings (SSSR count).